The van der Waals surface area contributed by atoms with Crippen molar-refractivity contribution in [2.24, 2.45) is 0 Å². The number of methoxy groups -OCH3 is 1. The molecule has 3 amide bonds. The first kappa shape index (κ1) is 15.8. The maximum absolute atomic E-state index is 12.2. The molecule has 0 aromatic carbocycles. The van der Waals surface area contributed by atoms with Gasteiger partial charge in [0.25, 0.3) is 5.91 Å². The minimum atomic E-state index is -0.645. The number of esters is 1. The third kappa shape index (κ3) is 2.74. The summed E-state index contributed by atoms with van der Waals surface area (Å²) in [6.45, 7) is 6.41. The van der Waals surface area contributed by atoms with Crippen LogP contribution in [0.15, 0.2) is 11.8 Å². The maximum Gasteiger partial charge on any atom is 0.329 e. The number of ether oxygens (including phenoxy) is 1. The van der Waals surface area contributed by atoms with Crippen LogP contribution in [0.5, 0.6) is 0 Å². The maximum atomic E-state index is 12.2. The van der Waals surface area contributed by atoms with Gasteiger partial charge in [-0.1, -0.05) is 0 Å². The molecule has 0 radical (unpaired) electrons. The molecule has 0 atom stereocenters. The Kier molecular flexibility index (Phi) is 4.35. The van der Waals surface area contributed by atoms with E-state index < -0.39 is 24.5 Å². The summed E-state index contributed by atoms with van der Waals surface area (Å²) in [5.41, 5.74) is 3.11. The normalized spacial score (nSPS) is 16.4. The molecule has 1 aromatic rings. The van der Waals surface area contributed by atoms with E-state index in [-0.39, 0.29) is 5.70 Å². The van der Waals surface area contributed by atoms with E-state index in [0.29, 0.717) is 0 Å². The molecule has 0 aliphatic carbocycles. The zero-order valence-corrected chi connectivity index (χ0v) is 13.1. The number of nitrogens with one attached hydrogen (secondary N) is 1. The number of amides is 3. The van der Waals surface area contributed by atoms with Gasteiger partial charge in [-0.15, -0.1) is 0 Å². The molecule has 7 nitrogen and oxygen atoms in total. The van der Waals surface area contributed by atoms with E-state index >= 15 is 0 Å². The van der Waals surface area contributed by atoms with Crippen LogP contribution in [0.25, 0.3) is 6.08 Å². The zero-order chi connectivity index (χ0) is 16.4. The van der Waals surface area contributed by atoms with Crippen LogP contribution < -0.4 is 5.32 Å². The van der Waals surface area contributed by atoms with E-state index in [1.54, 1.807) is 6.08 Å². The van der Waals surface area contributed by atoms with Crippen LogP contribution in [0, 0.1) is 13.8 Å². The van der Waals surface area contributed by atoms with Crippen molar-refractivity contribution < 1.29 is 19.1 Å². The Morgan fingerprint density at radius 3 is 2.59 bits per heavy atom. The summed E-state index contributed by atoms with van der Waals surface area (Å²) in [4.78, 5) is 36.1. The van der Waals surface area contributed by atoms with Crippen LogP contribution in [-0.2, 0) is 20.9 Å². The number of aryl methyl sites for hydroxylation is 1. The molecule has 0 unspecified atom stereocenters. The summed E-state index contributed by atoms with van der Waals surface area (Å²) in [5, 5.41) is 2.49. The van der Waals surface area contributed by atoms with Crippen molar-refractivity contribution in [1.29, 1.82) is 0 Å². The van der Waals surface area contributed by atoms with Gasteiger partial charge >= 0.3 is 12.0 Å². The highest BCUT2D eigenvalue weighted by molar-refractivity contribution is 6.15. The van der Waals surface area contributed by atoms with Crippen LogP contribution in [0.2, 0.25) is 0 Å². The molecule has 7 heteroatoms. The van der Waals surface area contributed by atoms with Gasteiger partial charge in [-0.25, -0.2) is 9.69 Å². The zero-order valence-electron chi connectivity index (χ0n) is 13.1. The fraction of sp³-hybridized carbons (Fsp3) is 0.400. The molecular formula is C15H19N3O4. The fourth-order valence-electron chi connectivity index (χ4n) is 2.52. The monoisotopic (exact) mass is 305 g/mol. The molecule has 1 N–H and O–H groups in total. The van der Waals surface area contributed by atoms with E-state index in [0.717, 1.165) is 28.4 Å². The Bertz CT molecular complexity index is 673. The molecule has 1 aliphatic rings. The summed E-state index contributed by atoms with van der Waals surface area (Å²) < 4.78 is 6.59. The molecule has 0 spiro atoms. The largest absolute Gasteiger partial charge is 0.468 e. The van der Waals surface area contributed by atoms with Crippen LogP contribution in [0.3, 0.4) is 0 Å². The van der Waals surface area contributed by atoms with Gasteiger partial charge in [0.05, 0.1) is 7.11 Å². The van der Waals surface area contributed by atoms with Crippen LogP contribution in [0.4, 0.5) is 4.79 Å². The number of urea groups is 1. The Balaban J connectivity index is 2.29. The third-order valence-electron chi connectivity index (χ3n) is 3.71. The highest BCUT2D eigenvalue weighted by Gasteiger charge is 2.35. The molecule has 1 aromatic heterocycles. The minimum absolute atomic E-state index is 0.158. The summed E-state index contributed by atoms with van der Waals surface area (Å²) in [5.74, 6) is -1.18. The second kappa shape index (κ2) is 6.05. The number of hydrogen-bond acceptors (Lipinski definition) is 4. The van der Waals surface area contributed by atoms with Crippen LogP contribution >= 0.6 is 0 Å². The number of rotatable bonds is 4. The van der Waals surface area contributed by atoms with E-state index in [1.807, 2.05) is 26.8 Å². The number of hydrogen-bond donors (Lipinski definition) is 1. The predicted molar refractivity (Wildman–Crippen MR) is 79.8 cm³/mol. The first-order valence-corrected chi connectivity index (χ1v) is 6.97. The van der Waals surface area contributed by atoms with Crippen molar-refractivity contribution in [1.82, 2.24) is 14.8 Å². The van der Waals surface area contributed by atoms with Crippen molar-refractivity contribution in [3.63, 3.8) is 0 Å². The summed E-state index contributed by atoms with van der Waals surface area (Å²) in [6, 6.07) is 1.33. The van der Waals surface area contributed by atoms with E-state index in [4.69, 9.17) is 0 Å². The molecule has 0 bridgehead atoms. The van der Waals surface area contributed by atoms with Crippen molar-refractivity contribution in [3.05, 3.63) is 28.7 Å². The number of imide groups is 1. The first-order chi connectivity index (χ1) is 10.4. The summed E-state index contributed by atoms with van der Waals surface area (Å²) in [6.07, 6.45) is 1.63. The molecule has 22 heavy (non-hydrogen) atoms. The molecule has 1 fully saturated rings. The number of carbonyl (C=O) groups excluding carboxylic acids is 3. The molecule has 1 saturated heterocycles. The average molecular weight is 305 g/mol. The van der Waals surface area contributed by atoms with E-state index in [1.165, 1.54) is 7.11 Å². The molecule has 0 saturated carbocycles. The Morgan fingerprint density at radius 2 is 2.05 bits per heavy atom. The Labute approximate surface area is 128 Å². The van der Waals surface area contributed by atoms with Gasteiger partial charge in [-0.3, -0.25) is 9.59 Å². The van der Waals surface area contributed by atoms with Gasteiger partial charge in [-0.2, -0.15) is 0 Å². The quantitative estimate of drug-likeness (QED) is 0.515. The minimum Gasteiger partial charge on any atom is -0.468 e. The second-order valence-corrected chi connectivity index (χ2v) is 5.03. The van der Waals surface area contributed by atoms with Crippen molar-refractivity contribution in [2.45, 2.75) is 27.3 Å². The number of aromatic nitrogens is 1. The van der Waals surface area contributed by atoms with Gasteiger partial charge in [0.1, 0.15) is 12.2 Å². The van der Waals surface area contributed by atoms with Crippen molar-refractivity contribution in [2.75, 3.05) is 13.7 Å². The standard InChI is InChI=1S/C15H19N3O4/c1-5-17-9(2)6-11(10(17)3)7-12-14(20)18(15(21)16-12)8-13(19)22-4/h6-7H,5,8H2,1-4H3,(H,16,21). The smallest absolute Gasteiger partial charge is 0.329 e. The second-order valence-electron chi connectivity index (χ2n) is 5.03. The van der Waals surface area contributed by atoms with Gasteiger partial charge in [0.15, 0.2) is 0 Å². The lowest BCUT2D eigenvalue weighted by molar-refractivity contribution is -0.143. The Hall–Kier alpha value is -2.57. The predicted octanol–water partition coefficient (Wildman–Crippen LogP) is 1.19. The SMILES string of the molecule is CCn1c(C)cc(C=C2NC(=O)N(CC(=O)OC)C2=O)c1C. The Morgan fingerprint density at radius 1 is 1.36 bits per heavy atom. The average Bonchev–Trinajstić information content (AvgIpc) is 2.89. The first-order valence-electron chi connectivity index (χ1n) is 6.97. The van der Waals surface area contributed by atoms with Gasteiger partial charge < -0.3 is 14.6 Å². The van der Waals surface area contributed by atoms with Gasteiger partial charge in [0.2, 0.25) is 0 Å². The van der Waals surface area contributed by atoms with E-state index in [9.17, 15) is 14.4 Å². The van der Waals surface area contributed by atoms with Crippen molar-refractivity contribution in [3.8, 4) is 0 Å². The molecule has 2 heterocycles. The lowest BCUT2D eigenvalue weighted by atomic mass is 10.2. The summed E-state index contributed by atoms with van der Waals surface area (Å²) >= 11 is 0. The van der Waals surface area contributed by atoms with Crippen LogP contribution in [-0.4, -0.2) is 41.0 Å². The molecular weight excluding hydrogens is 286 g/mol. The van der Waals surface area contributed by atoms with Crippen LogP contribution in [0.1, 0.15) is 23.9 Å². The van der Waals surface area contributed by atoms with Gasteiger partial charge in [0, 0.05) is 17.9 Å². The van der Waals surface area contributed by atoms with Gasteiger partial charge in [-0.05, 0) is 38.5 Å². The highest BCUT2D eigenvalue weighted by atomic mass is 16.5. The highest BCUT2D eigenvalue weighted by Crippen LogP contribution is 2.20. The lowest BCUT2D eigenvalue weighted by Crippen LogP contribution is -2.36. The third-order valence-corrected chi connectivity index (χ3v) is 3.71. The molecule has 2 rings (SSSR count). The lowest BCUT2D eigenvalue weighted by Gasteiger charge is -2.09. The molecule has 1 aliphatic heterocycles. The number of carbonyl (C=O) groups is 3. The summed E-state index contributed by atoms with van der Waals surface area (Å²) in [7, 11) is 1.21. The molecule has 118 valence electrons. The fourth-order valence-corrected chi connectivity index (χ4v) is 2.52. The topological polar surface area (TPSA) is 80.6 Å². The number of nitrogens with zero attached hydrogens (tertiary/aromatic N) is 2. The van der Waals surface area contributed by atoms with E-state index in [2.05, 4.69) is 14.6 Å². The van der Waals surface area contributed by atoms with Crippen molar-refractivity contribution >= 4 is 24.0 Å².